The molecule has 0 N–H and O–H groups in total. The van der Waals surface area contributed by atoms with Crippen molar-refractivity contribution >= 4 is 9.84 Å². The third kappa shape index (κ3) is 4.56. The Kier molecular flexibility index (Phi) is 4.42. The van der Waals surface area contributed by atoms with E-state index in [9.17, 15) is 8.42 Å². The van der Waals surface area contributed by atoms with Crippen LogP contribution in [0.15, 0.2) is 11.8 Å². The fourth-order valence-electron chi connectivity index (χ4n) is 2.12. The number of hydrogen-bond acceptors (Lipinski definition) is 3. The Bertz CT molecular complexity index is 352. The molecule has 94 valence electrons. The summed E-state index contributed by atoms with van der Waals surface area (Å²) in [5.41, 5.74) is 1.04. The highest BCUT2D eigenvalue weighted by molar-refractivity contribution is 7.91. The summed E-state index contributed by atoms with van der Waals surface area (Å²) in [5, 5.41) is 0. The largest absolute Gasteiger partial charge is 0.501 e. The van der Waals surface area contributed by atoms with Crippen LogP contribution in [0.25, 0.3) is 0 Å². The topological polar surface area (TPSA) is 43.4 Å². The first-order chi connectivity index (χ1) is 7.33. The normalized spacial score (nSPS) is 28.4. The monoisotopic (exact) mass is 246 g/mol. The highest BCUT2D eigenvalue weighted by Gasteiger charge is 2.34. The Morgan fingerprint density at radius 3 is 2.69 bits per heavy atom. The van der Waals surface area contributed by atoms with Gasteiger partial charge in [0.15, 0.2) is 9.84 Å². The van der Waals surface area contributed by atoms with Gasteiger partial charge < -0.3 is 4.74 Å². The molecule has 0 amide bonds. The minimum absolute atomic E-state index is 0.0907. The van der Waals surface area contributed by atoms with Crippen LogP contribution in [0.3, 0.4) is 0 Å². The zero-order chi connectivity index (χ0) is 12.2. The number of ether oxygens (including phenoxy) is 1. The highest BCUT2D eigenvalue weighted by Crippen LogP contribution is 2.34. The molecule has 0 aromatic heterocycles. The van der Waals surface area contributed by atoms with Gasteiger partial charge in [-0.15, -0.1) is 0 Å². The van der Waals surface area contributed by atoms with Crippen molar-refractivity contribution in [2.75, 3.05) is 18.1 Å². The first kappa shape index (κ1) is 13.6. The van der Waals surface area contributed by atoms with Crippen LogP contribution in [0.5, 0.6) is 0 Å². The second kappa shape index (κ2) is 5.21. The van der Waals surface area contributed by atoms with Gasteiger partial charge in [0, 0.05) is 0 Å². The number of sulfone groups is 1. The maximum Gasteiger partial charge on any atom is 0.150 e. The predicted molar refractivity (Wildman–Crippen MR) is 66.0 cm³/mol. The van der Waals surface area contributed by atoms with Crippen LogP contribution < -0.4 is 0 Å². The van der Waals surface area contributed by atoms with Gasteiger partial charge in [-0.25, -0.2) is 8.42 Å². The van der Waals surface area contributed by atoms with Gasteiger partial charge in [-0.05, 0) is 44.1 Å². The summed E-state index contributed by atoms with van der Waals surface area (Å²) >= 11 is 0. The first-order valence-corrected chi connectivity index (χ1v) is 7.61. The molecule has 4 heteroatoms. The molecule has 0 radical (unpaired) electrons. The van der Waals surface area contributed by atoms with Crippen LogP contribution >= 0.6 is 0 Å². The van der Waals surface area contributed by atoms with Crippen LogP contribution in [-0.2, 0) is 14.6 Å². The van der Waals surface area contributed by atoms with Crippen molar-refractivity contribution in [2.45, 2.75) is 40.0 Å². The first-order valence-electron chi connectivity index (χ1n) is 5.78. The van der Waals surface area contributed by atoms with Crippen molar-refractivity contribution < 1.29 is 13.2 Å². The van der Waals surface area contributed by atoms with E-state index in [2.05, 4.69) is 6.92 Å². The van der Waals surface area contributed by atoms with E-state index in [1.807, 2.05) is 13.8 Å². The fraction of sp³-hybridized carbons (Fsp3) is 0.833. The molecule has 1 fully saturated rings. The standard InChI is InChI=1S/C12H22O3S/c1-11(2)9-15-7-6-12(3)5-4-8-16(13,14)10-12/h9H,4-8,10H2,1-3H3. The Hall–Kier alpha value is -0.510. The molecule has 0 aromatic rings. The van der Waals surface area contributed by atoms with Crippen LogP contribution in [0.4, 0.5) is 0 Å². The summed E-state index contributed by atoms with van der Waals surface area (Å²) in [6.45, 7) is 6.62. The molecule has 1 rings (SSSR count). The molecule has 1 atom stereocenters. The van der Waals surface area contributed by atoms with Gasteiger partial charge in [-0.1, -0.05) is 6.92 Å². The molecule has 0 spiro atoms. The average molecular weight is 246 g/mol. The lowest BCUT2D eigenvalue weighted by molar-refractivity contribution is 0.176. The Morgan fingerprint density at radius 1 is 1.44 bits per heavy atom. The molecule has 0 bridgehead atoms. The van der Waals surface area contributed by atoms with Crippen molar-refractivity contribution in [2.24, 2.45) is 5.41 Å². The molecule has 1 saturated heterocycles. The Labute approximate surface area is 98.8 Å². The minimum atomic E-state index is -2.81. The molecular weight excluding hydrogens is 224 g/mol. The summed E-state index contributed by atoms with van der Waals surface area (Å²) in [4.78, 5) is 0. The summed E-state index contributed by atoms with van der Waals surface area (Å²) in [6, 6.07) is 0. The molecular formula is C12H22O3S. The van der Waals surface area contributed by atoms with Gasteiger partial charge in [0.1, 0.15) is 0 Å². The summed E-state index contributed by atoms with van der Waals surface area (Å²) in [7, 11) is -2.81. The van der Waals surface area contributed by atoms with E-state index in [1.54, 1.807) is 6.26 Å². The zero-order valence-corrected chi connectivity index (χ0v) is 11.3. The smallest absolute Gasteiger partial charge is 0.150 e. The lowest BCUT2D eigenvalue weighted by Gasteiger charge is -2.32. The van der Waals surface area contributed by atoms with Crippen molar-refractivity contribution in [1.82, 2.24) is 0 Å². The number of rotatable bonds is 4. The molecule has 0 aliphatic carbocycles. The lowest BCUT2D eigenvalue weighted by atomic mass is 9.84. The van der Waals surface area contributed by atoms with E-state index in [0.29, 0.717) is 18.1 Å². The van der Waals surface area contributed by atoms with E-state index >= 15 is 0 Å². The number of hydrogen-bond donors (Lipinski definition) is 0. The third-order valence-electron chi connectivity index (χ3n) is 2.95. The molecule has 0 saturated carbocycles. The van der Waals surface area contributed by atoms with Crippen molar-refractivity contribution in [1.29, 1.82) is 0 Å². The molecule has 1 unspecified atom stereocenters. The third-order valence-corrected chi connectivity index (χ3v) is 4.99. The van der Waals surface area contributed by atoms with Crippen molar-refractivity contribution in [3.63, 3.8) is 0 Å². The summed E-state index contributed by atoms with van der Waals surface area (Å²) < 4.78 is 28.5. The second-order valence-electron chi connectivity index (χ2n) is 5.32. The van der Waals surface area contributed by atoms with Gasteiger partial charge in [0.05, 0.1) is 24.4 Å². The van der Waals surface area contributed by atoms with Gasteiger partial charge >= 0.3 is 0 Å². The van der Waals surface area contributed by atoms with Gasteiger partial charge in [0.2, 0.25) is 0 Å². The molecule has 1 aliphatic rings. The SMILES string of the molecule is CC(C)=COCCC1(C)CCCS(=O)(=O)C1. The zero-order valence-electron chi connectivity index (χ0n) is 10.5. The van der Waals surface area contributed by atoms with E-state index in [1.165, 1.54) is 0 Å². The average Bonchev–Trinajstić information content (AvgIpc) is 2.10. The van der Waals surface area contributed by atoms with E-state index in [-0.39, 0.29) is 5.41 Å². The summed E-state index contributed by atoms with van der Waals surface area (Å²) in [5.74, 6) is 0.676. The highest BCUT2D eigenvalue weighted by atomic mass is 32.2. The Morgan fingerprint density at radius 2 is 2.12 bits per heavy atom. The van der Waals surface area contributed by atoms with E-state index in [0.717, 1.165) is 24.8 Å². The minimum Gasteiger partial charge on any atom is -0.501 e. The van der Waals surface area contributed by atoms with Crippen molar-refractivity contribution in [3.8, 4) is 0 Å². The van der Waals surface area contributed by atoms with Crippen LogP contribution in [0, 0.1) is 5.41 Å². The van der Waals surface area contributed by atoms with Gasteiger partial charge in [0.25, 0.3) is 0 Å². The lowest BCUT2D eigenvalue weighted by Crippen LogP contribution is -2.34. The summed E-state index contributed by atoms with van der Waals surface area (Å²) in [6.07, 6.45) is 4.34. The molecule has 3 nitrogen and oxygen atoms in total. The second-order valence-corrected chi connectivity index (χ2v) is 7.51. The molecule has 0 aromatic carbocycles. The van der Waals surface area contributed by atoms with Gasteiger partial charge in [-0.3, -0.25) is 0 Å². The maximum absolute atomic E-state index is 11.6. The fourth-order valence-corrected chi connectivity index (χ4v) is 4.20. The molecule has 16 heavy (non-hydrogen) atoms. The van der Waals surface area contributed by atoms with Crippen LogP contribution in [-0.4, -0.2) is 26.5 Å². The van der Waals surface area contributed by atoms with E-state index in [4.69, 9.17) is 4.74 Å². The van der Waals surface area contributed by atoms with E-state index < -0.39 is 9.84 Å². The quantitative estimate of drug-likeness (QED) is 0.565. The molecule has 1 heterocycles. The Balaban J connectivity index is 2.43. The van der Waals surface area contributed by atoms with Crippen LogP contribution in [0.2, 0.25) is 0 Å². The predicted octanol–water partition coefficient (Wildman–Crippen LogP) is 2.53. The van der Waals surface area contributed by atoms with Crippen molar-refractivity contribution in [3.05, 3.63) is 11.8 Å². The molecule has 1 aliphatic heterocycles. The van der Waals surface area contributed by atoms with Crippen LogP contribution in [0.1, 0.15) is 40.0 Å². The van der Waals surface area contributed by atoms with Gasteiger partial charge in [-0.2, -0.15) is 0 Å². The number of allylic oxidation sites excluding steroid dienone is 1. The maximum atomic E-state index is 11.6.